The van der Waals surface area contributed by atoms with Crippen LogP contribution in [0.5, 0.6) is 5.75 Å². The van der Waals surface area contributed by atoms with Gasteiger partial charge in [0.05, 0.1) is 17.5 Å². The van der Waals surface area contributed by atoms with Crippen LogP contribution in [0.3, 0.4) is 0 Å². The number of rotatable bonds is 10. The van der Waals surface area contributed by atoms with Gasteiger partial charge in [-0.1, -0.05) is 0 Å². The van der Waals surface area contributed by atoms with E-state index in [2.05, 4.69) is 10.2 Å². The number of benzene rings is 2. The first-order valence-electron chi connectivity index (χ1n) is 12.8. The maximum absolute atomic E-state index is 15.2. The molecule has 0 saturated carbocycles. The van der Waals surface area contributed by atoms with E-state index in [1.54, 1.807) is 31.5 Å². The van der Waals surface area contributed by atoms with Crippen molar-refractivity contribution < 1.29 is 18.6 Å². The van der Waals surface area contributed by atoms with Crippen molar-refractivity contribution in [2.24, 2.45) is 0 Å². The molecule has 8 heteroatoms. The summed E-state index contributed by atoms with van der Waals surface area (Å²) >= 11 is 0. The second-order valence-electron chi connectivity index (χ2n) is 9.55. The van der Waals surface area contributed by atoms with E-state index < -0.39 is 0 Å². The van der Waals surface area contributed by atoms with Crippen LogP contribution in [-0.4, -0.2) is 63.3 Å². The van der Waals surface area contributed by atoms with E-state index in [9.17, 15) is 4.79 Å². The van der Waals surface area contributed by atoms with Gasteiger partial charge in [0.1, 0.15) is 18.2 Å². The van der Waals surface area contributed by atoms with E-state index in [0.29, 0.717) is 35.2 Å². The second-order valence-corrected chi connectivity index (χ2v) is 9.55. The molecule has 0 amide bonds. The monoisotopic (exact) mass is 495 g/mol. The predicted octanol–water partition coefficient (Wildman–Crippen LogP) is 3.89. The fraction of sp³-hybridized carbons (Fsp3) is 0.464. The summed E-state index contributed by atoms with van der Waals surface area (Å²) in [4.78, 5) is 15.3. The summed E-state index contributed by atoms with van der Waals surface area (Å²) < 4.78 is 33.2. The van der Waals surface area contributed by atoms with Crippen molar-refractivity contribution in [1.82, 2.24) is 9.88 Å². The van der Waals surface area contributed by atoms with E-state index >= 15 is 4.39 Å². The van der Waals surface area contributed by atoms with Crippen molar-refractivity contribution in [1.29, 1.82) is 0 Å². The maximum Gasteiger partial charge on any atom is 0.262 e. The molecule has 1 aromatic heterocycles. The normalized spacial score (nSPS) is 19.9. The van der Waals surface area contributed by atoms with E-state index in [4.69, 9.17) is 14.2 Å². The Morgan fingerprint density at radius 3 is 2.89 bits per heavy atom. The molecule has 1 unspecified atom stereocenters. The first-order chi connectivity index (χ1) is 17.6. The minimum absolute atomic E-state index is 0.134. The number of pyridine rings is 1. The van der Waals surface area contributed by atoms with Crippen LogP contribution in [0.1, 0.15) is 25.7 Å². The van der Waals surface area contributed by atoms with Crippen LogP contribution in [0.4, 0.5) is 10.1 Å². The molecule has 2 aliphatic heterocycles. The second kappa shape index (κ2) is 11.4. The van der Waals surface area contributed by atoms with Gasteiger partial charge in [-0.3, -0.25) is 9.36 Å². The highest BCUT2D eigenvalue weighted by Crippen LogP contribution is 2.26. The van der Waals surface area contributed by atoms with E-state index in [1.807, 2.05) is 18.2 Å². The molecule has 0 radical (unpaired) electrons. The van der Waals surface area contributed by atoms with Crippen molar-refractivity contribution >= 4 is 16.5 Å². The molecule has 2 saturated heterocycles. The molecular weight excluding hydrogens is 461 g/mol. The molecule has 3 aromatic rings. The SMILES string of the molecule is COCCCNC1CCN(c2ccc(-n3ccc4cc(OC[C@H]5CCCO5)ccc4c3=O)cc2F)C1. The third kappa shape index (κ3) is 5.56. The van der Waals surface area contributed by atoms with Crippen molar-refractivity contribution in [3.63, 3.8) is 0 Å². The van der Waals surface area contributed by atoms with Crippen LogP contribution >= 0.6 is 0 Å². The minimum Gasteiger partial charge on any atom is -0.491 e. The smallest absolute Gasteiger partial charge is 0.262 e. The van der Waals surface area contributed by atoms with E-state index in [-0.39, 0.29) is 17.5 Å². The first kappa shape index (κ1) is 24.7. The first-order valence-corrected chi connectivity index (χ1v) is 12.8. The number of nitrogens with zero attached hydrogens (tertiary/aromatic N) is 2. The Labute approximate surface area is 210 Å². The van der Waals surface area contributed by atoms with Gasteiger partial charge < -0.3 is 24.4 Å². The van der Waals surface area contributed by atoms with Gasteiger partial charge in [-0.05, 0) is 74.0 Å². The van der Waals surface area contributed by atoms with Crippen LogP contribution in [0, 0.1) is 5.82 Å². The van der Waals surface area contributed by atoms with Gasteiger partial charge in [0, 0.05) is 57.1 Å². The van der Waals surface area contributed by atoms with Gasteiger partial charge >= 0.3 is 0 Å². The number of hydrogen-bond donors (Lipinski definition) is 1. The number of hydrogen-bond acceptors (Lipinski definition) is 6. The lowest BCUT2D eigenvalue weighted by Gasteiger charge is -2.20. The molecule has 1 N–H and O–H groups in total. The molecule has 5 rings (SSSR count). The lowest BCUT2D eigenvalue weighted by atomic mass is 10.1. The van der Waals surface area contributed by atoms with Crippen LogP contribution < -0.4 is 20.5 Å². The average molecular weight is 496 g/mol. The molecule has 2 aromatic carbocycles. The van der Waals surface area contributed by atoms with Gasteiger partial charge in [0.2, 0.25) is 0 Å². The zero-order chi connectivity index (χ0) is 24.9. The van der Waals surface area contributed by atoms with Crippen LogP contribution in [0.15, 0.2) is 53.5 Å². The Morgan fingerprint density at radius 1 is 1.17 bits per heavy atom. The molecule has 3 heterocycles. The molecule has 36 heavy (non-hydrogen) atoms. The van der Waals surface area contributed by atoms with Gasteiger partial charge in [-0.25, -0.2) is 4.39 Å². The summed E-state index contributed by atoms with van der Waals surface area (Å²) in [5, 5.41) is 4.87. The molecule has 0 bridgehead atoms. The Bertz CT molecular complexity index is 1240. The van der Waals surface area contributed by atoms with Crippen LogP contribution in [0.25, 0.3) is 16.5 Å². The summed E-state index contributed by atoms with van der Waals surface area (Å²) in [6, 6.07) is 12.7. The maximum atomic E-state index is 15.2. The standard InChI is InChI=1S/C28H34FN3O4/c1-34-14-3-11-30-21-10-12-31(18-21)27-8-5-22(17-26(27)29)32-13-9-20-16-23(6-7-25(20)28(32)33)36-19-24-4-2-15-35-24/h5-9,13,16-17,21,24,30H,2-4,10-12,14-15,18-19H2,1H3/t21?,24-/m1/s1. The number of anilines is 1. The number of fused-ring (bicyclic) bond motifs is 1. The number of halogens is 1. The van der Waals surface area contributed by atoms with Gasteiger partial charge in [0.25, 0.3) is 5.56 Å². The molecule has 0 spiro atoms. The Hall–Kier alpha value is -2.94. The molecule has 2 atom stereocenters. The van der Waals surface area contributed by atoms with Crippen molar-refractivity contribution in [2.45, 2.75) is 37.8 Å². The fourth-order valence-corrected chi connectivity index (χ4v) is 5.05. The van der Waals surface area contributed by atoms with Crippen LogP contribution in [-0.2, 0) is 9.47 Å². The summed E-state index contributed by atoms with van der Waals surface area (Å²) in [7, 11) is 1.70. The third-order valence-corrected chi connectivity index (χ3v) is 7.03. The number of nitrogens with one attached hydrogen (secondary N) is 1. The highest BCUT2D eigenvalue weighted by atomic mass is 19.1. The zero-order valence-corrected chi connectivity index (χ0v) is 20.7. The van der Waals surface area contributed by atoms with Crippen LogP contribution in [0.2, 0.25) is 0 Å². The molecule has 2 aliphatic rings. The Balaban J connectivity index is 1.27. The van der Waals surface area contributed by atoms with Crippen molar-refractivity contribution in [3.8, 4) is 11.4 Å². The van der Waals surface area contributed by atoms with Crippen molar-refractivity contribution in [2.75, 3.05) is 51.5 Å². The largest absolute Gasteiger partial charge is 0.491 e. The summed E-state index contributed by atoms with van der Waals surface area (Å²) in [6.07, 6.45) is 5.84. The highest BCUT2D eigenvalue weighted by molar-refractivity contribution is 5.83. The molecule has 192 valence electrons. The third-order valence-electron chi connectivity index (χ3n) is 7.03. The fourth-order valence-electron chi connectivity index (χ4n) is 5.05. The molecule has 0 aliphatic carbocycles. The zero-order valence-electron chi connectivity index (χ0n) is 20.7. The lowest BCUT2D eigenvalue weighted by Crippen LogP contribution is -2.33. The van der Waals surface area contributed by atoms with E-state index in [0.717, 1.165) is 63.9 Å². The average Bonchev–Trinajstić information content (AvgIpc) is 3.58. The molecule has 2 fully saturated rings. The summed E-state index contributed by atoms with van der Waals surface area (Å²) in [5.41, 5.74) is 0.893. The minimum atomic E-state index is -0.322. The highest BCUT2D eigenvalue weighted by Gasteiger charge is 2.24. The van der Waals surface area contributed by atoms with Gasteiger partial charge in [-0.2, -0.15) is 0 Å². The van der Waals surface area contributed by atoms with Gasteiger partial charge in [0.15, 0.2) is 0 Å². The van der Waals surface area contributed by atoms with Gasteiger partial charge in [-0.15, -0.1) is 0 Å². The number of ether oxygens (including phenoxy) is 3. The predicted molar refractivity (Wildman–Crippen MR) is 139 cm³/mol. The molecular formula is C28H34FN3O4. The number of methoxy groups -OCH3 is 1. The summed E-state index contributed by atoms with van der Waals surface area (Å²) in [5.74, 6) is 0.389. The van der Waals surface area contributed by atoms with E-state index in [1.165, 1.54) is 10.6 Å². The molecule has 7 nitrogen and oxygen atoms in total. The van der Waals surface area contributed by atoms with Crippen molar-refractivity contribution in [3.05, 3.63) is 64.8 Å². The Kier molecular flexibility index (Phi) is 7.84. The lowest BCUT2D eigenvalue weighted by molar-refractivity contribution is 0.0680. The quantitative estimate of drug-likeness (QED) is 0.431. The topological polar surface area (TPSA) is 65.0 Å². The summed E-state index contributed by atoms with van der Waals surface area (Å²) in [6.45, 7) is 4.48. The number of aromatic nitrogens is 1. The Morgan fingerprint density at radius 2 is 2.08 bits per heavy atom.